The van der Waals surface area contributed by atoms with E-state index in [4.69, 9.17) is 21.2 Å². The van der Waals surface area contributed by atoms with Gasteiger partial charge in [-0.25, -0.2) is 0 Å². The van der Waals surface area contributed by atoms with E-state index in [1.165, 1.54) is 13.2 Å². The Morgan fingerprint density at radius 3 is 2.62 bits per heavy atom. The van der Waals surface area contributed by atoms with Gasteiger partial charge < -0.3 is 14.8 Å². The van der Waals surface area contributed by atoms with E-state index in [0.717, 1.165) is 0 Å². The molecule has 0 spiro atoms. The smallest absolute Gasteiger partial charge is 0.492 e. The predicted octanol–water partition coefficient (Wildman–Crippen LogP) is -0.644. The van der Waals surface area contributed by atoms with Crippen LogP contribution in [0.2, 0.25) is 0 Å². The largest absolute Gasteiger partial charge is 0.497 e. The lowest BCUT2D eigenvalue weighted by Crippen LogP contribution is -2.31. The molecule has 1 aromatic carbocycles. The van der Waals surface area contributed by atoms with E-state index >= 15 is 0 Å². The molecule has 0 saturated heterocycles. The summed E-state index contributed by atoms with van der Waals surface area (Å²) in [5.41, 5.74) is 0.863. The molecule has 2 N–H and O–H groups in total. The van der Waals surface area contributed by atoms with Crippen LogP contribution in [-0.4, -0.2) is 24.3 Å². The second kappa shape index (κ2) is 3.99. The summed E-state index contributed by atoms with van der Waals surface area (Å²) >= 11 is 0. The van der Waals surface area contributed by atoms with Gasteiger partial charge in [-0.3, -0.25) is 0 Å². The Morgan fingerprint density at radius 2 is 2.15 bits per heavy atom. The van der Waals surface area contributed by atoms with Crippen molar-refractivity contribution in [2.75, 3.05) is 7.11 Å². The molecule has 13 heavy (non-hydrogen) atoms. The van der Waals surface area contributed by atoms with Crippen molar-refractivity contribution < 1.29 is 14.8 Å². The van der Waals surface area contributed by atoms with E-state index in [-0.39, 0.29) is 5.46 Å². The minimum atomic E-state index is -1.57. The zero-order chi connectivity index (χ0) is 9.84. The molecule has 4 heteroatoms. The second-order valence-corrected chi connectivity index (χ2v) is 2.47. The Labute approximate surface area is 77.1 Å². The third kappa shape index (κ3) is 2.02. The predicted molar refractivity (Wildman–Crippen MR) is 50.8 cm³/mol. The molecule has 0 aliphatic rings. The lowest BCUT2D eigenvalue weighted by atomic mass is 9.79. The van der Waals surface area contributed by atoms with Gasteiger partial charge in [-0.2, -0.15) is 0 Å². The summed E-state index contributed by atoms with van der Waals surface area (Å²) in [6, 6.07) is 4.78. The van der Waals surface area contributed by atoms with Crippen LogP contribution in [0.25, 0.3) is 0 Å². The summed E-state index contributed by atoms with van der Waals surface area (Å²) in [6.07, 6.45) is 5.16. The summed E-state index contributed by atoms with van der Waals surface area (Å²) in [6.45, 7) is 0. The van der Waals surface area contributed by atoms with E-state index in [1.54, 1.807) is 12.1 Å². The van der Waals surface area contributed by atoms with Crippen LogP contribution in [0.4, 0.5) is 0 Å². The minimum Gasteiger partial charge on any atom is -0.497 e. The first kappa shape index (κ1) is 9.65. The maximum absolute atomic E-state index is 8.96. The fourth-order valence-corrected chi connectivity index (χ4v) is 1.03. The monoisotopic (exact) mass is 176 g/mol. The molecular formula is C9H9BO3. The number of methoxy groups -OCH3 is 1. The highest BCUT2D eigenvalue weighted by Gasteiger charge is 2.16. The normalized spacial score (nSPS) is 9.08. The van der Waals surface area contributed by atoms with Crippen molar-refractivity contribution in [3.63, 3.8) is 0 Å². The standard InChI is InChI=1S/C9H9BO3/c1-3-7-4-5-9(13-2)8(6-7)10(11)12/h1,4-6,11-12H,2H3. The molecule has 1 aromatic rings. The molecule has 66 valence electrons. The van der Waals surface area contributed by atoms with Crippen LogP contribution in [0.3, 0.4) is 0 Å². The van der Waals surface area contributed by atoms with Gasteiger partial charge in [0.05, 0.1) is 7.11 Å². The third-order valence-electron chi connectivity index (χ3n) is 1.67. The molecule has 0 aliphatic heterocycles. The summed E-state index contributed by atoms with van der Waals surface area (Å²) in [4.78, 5) is 0. The molecule has 0 bridgehead atoms. The maximum Gasteiger partial charge on any atom is 0.492 e. The Bertz CT molecular complexity index is 341. The molecule has 0 aliphatic carbocycles. The highest BCUT2D eigenvalue weighted by atomic mass is 16.5. The fourth-order valence-electron chi connectivity index (χ4n) is 1.03. The van der Waals surface area contributed by atoms with Crippen molar-refractivity contribution in [2.24, 2.45) is 0 Å². The van der Waals surface area contributed by atoms with Crippen LogP contribution >= 0.6 is 0 Å². The van der Waals surface area contributed by atoms with Crippen LogP contribution in [0, 0.1) is 12.3 Å². The Kier molecular flexibility index (Phi) is 2.96. The van der Waals surface area contributed by atoms with Crippen molar-refractivity contribution in [2.45, 2.75) is 0 Å². The summed E-state index contributed by atoms with van der Waals surface area (Å²) in [5, 5.41) is 17.9. The van der Waals surface area contributed by atoms with Crippen molar-refractivity contribution >= 4 is 12.6 Å². The van der Waals surface area contributed by atoms with Crippen molar-refractivity contribution in [1.82, 2.24) is 0 Å². The van der Waals surface area contributed by atoms with E-state index in [0.29, 0.717) is 11.3 Å². The number of benzene rings is 1. The molecule has 0 heterocycles. The summed E-state index contributed by atoms with van der Waals surface area (Å²) in [7, 11) is -0.111. The van der Waals surface area contributed by atoms with Gasteiger partial charge in [-0.15, -0.1) is 6.42 Å². The van der Waals surface area contributed by atoms with E-state index in [2.05, 4.69) is 5.92 Å². The molecule has 0 aromatic heterocycles. The highest BCUT2D eigenvalue weighted by Crippen LogP contribution is 2.08. The van der Waals surface area contributed by atoms with Crippen LogP contribution < -0.4 is 10.2 Å². The van der Waals surface area contributed by atoms with Gasteiger partial charge in [0.1, 0.15) is 5.75 Å². The van der Waals surface area contributed by atoms with Gasteiger partial charge in [0.25, 0.3) is 0 Å². The zero-order valence-electron chi connectivity index (χ0n) is 7.19. The Balaban J connectivity index is 3.20. The molecule has 1 rings (SSSR count). The van der Waals surface area contributed by atoms with Gasteiger partial charge >= 0.3 is 7.12 Å². The number of hydrogen-bond acceptors (Lipinski definition) is 3. The second-order valence-electron chi connectivity index (χ2n) is 2.47. The third-order valence-corrected chi connectivity index (χ3v) is 1.67. The number of hydrogen-bond donors (Lipinski definition) is 2. The average Bonchev–Trinajstić information content (AvgIpc) is 2.16. The molecule has 0 saturated carbocycles. The van der Waals surface area contributed by atoms with Gasteiger partial charge in [-0.05, 0) is 18.2 Å². The van der Waals surface area contributed by atoms with Crippen LogP contribution in [0.1, 0.15) is 5.56 Å². The lowest BCUT2D eigenvalue weighted by molar-refractivity contribution is 0.403. The average molecular weight is 176 g/mol. The molecule has 0 atom stereocenters. The quantitative estimate of drug-likeness (QED) is 0.465. The van der Waals surface area contributed by atoms with Crippen LogP contribution in [0.15, 0.2) is 18.2 Å². The Morgan fingerprint density at radius 1 is 1.46 bits per heavy atom. The molecular weight excluding hydrogens is 167 g/mol. The lowest BCUT2D eigenvalue weighted by Gasteiger charge is -2.07. The van der Waals surface area contributed by atoms with Crippen molar-refractivity contribution in [3.8, 4) is 18.1 Å². The van der Waals surface area contributed by atoms with E-state index in [1.807, 2.05) is 0 Å². The molecule has 3 nitrogen and oxygen atoms in total. The Hall–Kier alpha value is -1.44. The van der Waals surface area contributed by atoms with Crippen LogP contribution in [0.5, 0.6) is 5.75 Å². The number of rotatable bonds is 2. The molecule has 0 fully saturated rings. The minimum absolute atomic E-state index is 0.276. The zero-order valence-corrected chi connectivity index (χ0v) is 7.19. The highest BCUT2D eigenvalue weighted by molar-refractivity contribution is 6.59. The van der Waals surface area contributed by atoms with Crippen LogP contribution in [-0.2, 0) is 0 Å². The van der Waals surface area contributed by atoms with Gasteiger partial charge in [0.15, 0.2) is 0 Å². The number of ether oxygens (including phenoxy) is 1. The van der Waals surface area contributed by atoms with Gasteiger partial charge in [-0.1, -0.05) is 5.92 Å². The van der Waals surface area contributed by atoms with Crippen molar-refractivity contribution in [3.05, 3.63) is 23.8 Å². The van der Waals surface area contributed by atoms with E-state index in [9.17, 15) is 0 Å². The molecule has 0 amide bonds. The SMILES string of the molecule is C#Cc1ccc(OC)c(B(O)O)c1. The first-order valence-corrected chi connectivity index (χ1v) is 3.69. The summed E-state index contributed by atoms with van der Waals surface area (Å²) in [5.74, 6) is 2.81. The first-order chi connectivity index (χ1) is 6.19. The molecule has 0 radical (unpaired) electrons. The fraction of sp³-hybridized carbons (Fsp3) is 0.111. The first-order valence-electron chi connectivity index (χ1n) is 3.69. The van der Waals surface area contributed by atoms with Gasteiger partial charge in [0.2, 0.25) is 0 Å². The summed E-state index contributed by atoms with van der Waals surface area (Å²) < 4.78 is 4.92. The number of terminal acetylenes is 1. The topological polar surface area (TPSA) is 49.7 Å². The van der Waals surface area contributed by atoms with E-state index < -0.39 is 7.12 Å². The van der Waals surface area contributed by atoms with Crippen molar-refractivity contribution in [1.29, 1.82) is 0 Å². The molecule has 0 unspecified atom stereocenters. The van der Waals surface area contributed by atoms with Gasteiger partial charge in [0, 0.05) is 11.0 Å². The maximum atomic E-state index is 8.96.